The molecule has 1 amide bonds. The van der Waals surface area contributed by atoms with Crippen LogP contribution in [0.3, 0.4) is 0 Å². The Hall–Kier alpha value is -1.45. The van der Waals surface area contributed by atoms with Crippen LogP contribution in [-0.4, -0.2) is 44.5 Å². The number of hydrogen-bond donors (Lipinski definition) is 1. The van der Waals surface area contributed by atoms with Crippen LogP contribution in [-0.2, 0) is 11.0 Å². The molecule has 24 heavy (non-hydrogen) atoms. The molecule has 1 saturated carbocycles. The van der Waals surface area contributed by atoms with Crippen molar-refractivity contribution in [3.05, 3.63) is 5.82 Å². The van der Waals surface area contributed by atoms with Gasteiger partial charge in [-0.2, -0.15) is 13.2 Å². The maximum Gasteiger partial charge on any atom is 0.453 e. The Bertz CT molecular complexity index is 606. The molecule has 1 aromatic heterocycles. The molecule has 10 heteroatoms. The molecule has 2 atom stereocenters. The Morgan fingerprint density at radius 1 is 1.21 bits per heavy atom. The molecule has 2 N–H and O–H groups in total. The number of fused-ring (bicyclic) bond motifs is 1. The maximum atomic E-state index is 12.6. The molecular formula is C14H20F3N5OS. The lowest BCUT2D eigenvalue weighted by molar-refractivity contribution is -0.146. The van der Waals surface area contributed by atoms with E-state index in [2.05, 4.69) is 10.2 Å². The number of nitrogens with zero attached hydrogens (tertiary/aromatic N) is 4. The molecule has 2 fully saturated rings. The molecule has 0 radical (unpaired) electrons. The van der Waals surface area contributed by atoms with Crippen LogP contribution in [0, 0.1) is 11.8 Å². The van der Waals surface area contributed by atoms with Crippen molar-refractivity contribution in [3.63, 3.8) is 0 Å². The van der Waals surface area contributed by atoms with Gasteiger partial charge in [0.15, 0.2) is 0 Å². The van der Waals surface area contributed by atoms with Crippen LogP contribution in [0.5, 0.6) is 0 Å². The molecule has 3 rings (SSSR count). The number of thioether (sulfide) groups is 1. The van der Waals surface area contributed by atoms with Crippen molar-refractivity contribution < 1.29 is 18.0 Å². The number of likely N-dealkylation sites (tertiary alicyclic amines) is 1. The number of amides is 1. The number of carbonyl (C=O) groups excluding carboxylic acids is 1. The fourth-order valence-electron chi connectivity index (χ4n) is 3.61. The third-order valence-electron chi connectivity index (χ3n) is 4.89. The Morgan fingerprint density at radius 2 is 1.92 bits per heavy atom. The van der Waals surface area contributed by atoms with Crippen molar-refractivity contribution in [2.45, 2.75) is 43.4 Å². The van der Waals surface area contributed by atoms with Crippen molar-refractivity contribution in [3.8, 4) is 0 Å². The molecule has 1 aliphatic heterocycles. The molecule has 1 aliphatic carbocycles. The lowest BCUT2D eigenvalue weighted by Gasteiger charge is -2.41. The maximum absolute atomic E-state index is 12.6. The first-order chi connectivity index (χ1) is 11.4. The molecule has 6 nitrogen and oxygen atoms in total. The van der Waals surface area contributed by atoms with E-state index in [1.807, 2.05) is 4.90 Å². The zero-order chi connectivity index (χ0) is 17.3. The molecule has 1 aromatic rings. The number of alkyl halides is 3. The van der Waals surface area contributed by atoms with Gasteiger partial charge in [-0.25, -0.2) is 4.68 Å². The average Bonchev–Trinajstić information content (AvgIpc) is 2.93. The molecular weight excluding hydrogens is 343 g/mol. The first-order valence-electron chi connectivity index (χ1n) is 8.04. The minimum absolute atomic E-state index is 0.0184. The normalized spacial score (nSPS) is 24.7. The number of halogens is 3. The second kappa shape index (κ2) is 6.81. The number of piperidine rings is 1. The van der Waals surface area contributed by atoms with E-state index < -0.39 is 12.0 Å². The van der Waals surface area contributed by atoms with E-state index in [1.54, 1.807) is 0 Å². The summed E-state index contributed by atoms with van der Waals surface area (Å²) in [5, 5.41) is 6.37. The summed E-state index contributed by atoms with van der Waals surface area (Å²) >= 11 is 0.888. The van der Waals surface area contributed by atoms with Gasteiger partial charge in [0.25, 0.3) is 5.82 Å². The van der Waals surface area contributed by atoms with Crippen LogP contribution in [0.25, 0.3) is 0 Å². The van der Waals surface area contributed by atoms with E-state index in [-0.39, 0.29) is 16.8 Å². The van der Waals surface area contributed by atoms with E-state index in [9.17, 15) is 18.0 Å². The minimum Gasteiger partial charge on any atom is -0.342 e. The summed E-state index contributed by atoms with van der Waals surface area (Å²) in [5.41, 5.74) is 0. The van der Waals surface area contributed by atoms with E-state index in [1.165, 1.54) is 19.3 Å². The van der Waals surface area contributed by atoms with Gasteiger partial charge in [-0.05, 0) is 24.7 Å². The monoisotopic (exact) mass is 363 g/mol. The zero-order valence-electron chi connectivity index (χ0n) is 13.1. The number of nitrogens with two attached hydrogens (primary N) is 1. The molecule has 0 spiro atoms. The van der Waals surface area contributed by atoms with Crippen LogP contribution in [0.15, 0.2) is 5.16 Å². The number of nitrogen functional groups attached to an aromatic ring is 1. The first kappa shape index (κ1) is 17.4. The third kappa shape index (κ3) is 3.62. The topological polar surface area (TPSA) is 77.0 Å². The summed E-state index contributed by atoms with van der Waals surface area (Å²) in [6.45, 7) is 1.48. The molecule has 0 bridgehead atoms. The predicted molar refractivity (Wildman–Crippen MR) is 82.5 cm³/mol. The number of carbonyl (C=O) groups is 1. The highest BCUT2D eigenvalue weighted by atomic mass is 32.2. The minimum atomic E-state index is -4.66. The van der Waals surface area contributed by atoms with E-state index in [0.29, 0.717) is 10.6 Å². The molecule has 1 saturated heterocycles. The van der Waals surface area contributed by atoms with Crippen LogP contribution in [0.2, 0.25) is 0 Å². The Morgan fingerprint density at radius 3 is 2.58 bits per heavy atom. The summed E-state index contributed by atoms with van der Waals surface area (Å²) < 4.78 is 38.3. The number of rotatable bonds is 3. The number of hydrogen-bond acceptors (Lipinski definition) is 5. The molecule has 0 unspecified atom stereocenters. The fraction of sp³-hybridized carbons (Fsp3) is 0.786. The van der Waals surface area contributed by atoms with E-state index in [4.69, 9.17) is 5.84 Å². The lowest BCUT2D eigenvalue weighted by Crippen LogP contribution is -2.45. The van der Waals surface area contributed by atoms with Gasteiger partial charge in [0.1, 0.15) is 0 Å². The van der Waals surface area contributed by atoms with Crippen LogP contribution < -0.4 is 5.84 Å². The summed E-state index contributed by atoms with van der Waals surface area (Å²) in [7, 11) is 0. The zero-order valence-corrected chi connectivity index (χ0v) is 13.9. The van der Waals surface area contributed by atoms with Crippen LogP contribution in [0.1, 0.15) is 37.9 Å². The Kier molecular flexibility index (Phi) is 4.93. The van der Waals surface area contributed by atoms with Gasteiger partial charge >= 0.3 is 6.18 Å². The second-order valence-electron chi connectivity index (χ2n) is 6.40. The lowest BCUT2D eigenvalue weighted by atomic mass is 9.75. The average molecular weight is 363 g/mol. The highest BCUT2D eigenvalue weighted by Crippen LogP contribution is 2.36. The van der Waals surface area contributed by atoms with E-state index >= 15 is 0 Å². The quantitative estimate of drug-likeness (QED) is 0.658. The molecule has 0 aromatic carbocycles. The Labute approximate surface area is 141 Å². The van der Waals surface area contributed by atoms with Gasteiger partial charge in [-0.1, -0.05) is 31.0 Å². The van der Waals surface area contributed by atoms with Gasteiger partial charge < -0.3 is 10.7 Å². The van der Waals surface area contributed by atoms with Crippen molar-refractivity contribution in [2.75, 3.05) is 24.7 Å². The van der Waals surface area contributed by atoms with Crippen molar-refractivity contribution in [2.24, 2.45) is 11.8 Å². The molecule has 2 aliphatic rings. The fourth-order valence-corrected chi connectivity index (χ4v) is 4.37. The van der Waals surface area contributed by atoms with Crippen LogP contribution >= 0.6 is 11.8 Å². The summed E-state index contributed by atoms with van der Waals surface area (Å²) in [5.74, 6) is 5.33. The number of aromatic nitrogens is 3. The molecule has 134 valence electrons. The summed E-state index contributed by atoms with van der Waals surface area (Å²) in [6.07, 6.45) is 1.26. The summed E-state index contributed by atoms with van der Waals surface area (Å²) in [6, 6.07) is 0. The van der Waals surface area contributed by atoms with Gasteiger partial charge in [0.2, 0.25) is 11.1 Å². The second-order valence-corrected chi connectivity index (χ2v) is 7.34. The highest BCUT2D eigenvalue weighted by Gasteiger charge is 2.38. The highest BCUT2D eigenvalue weighted by molar-refractivity contribution is 7.99. The van der Waals surface area contributed by atoms with Crippen molar-refractivity contribution in [1.82, 2.24) is 19.8 Å². The van der Waals surface area contributed by atoms with Crippen molar-refractivity contribution in [1.29, 1.82) is 0 Å². The van der Waals surface area contributed by atoms with Crippen LogP contribution in [0.4, 0.5) is 13.2 Å². The Balaban J connectivity index is 1.55. The van der Waals surface area contributed by atoms with E-state index in [0.717, 1.165) is 43.6 Å². The standard InChI is InChI=1S/C14H20F3N5OS/c15-14(16,17)12-19-20-13(22(12)18)24-8-11(23)21-6-5-9-3-1-2-4-10(9)7-21/h9-10H,1-8,18H2/t9-,10+/m1/s1. The predicted octanol–water partition coefficient (Wildman–Crippen LogP) is 2.14. The van der Waals surface area contributed by atoms with Gasteiger partial charge in [0.05, 0.1) is 5.75 Å². The SMILES string of the molecule is Nn1c(SCC(=O)N2CC[C@H]3CCCC[C@H]3C2)nnc1C(F)(F)F. The molecule has 2 heterocycles. The summed E-state index contributed by atoms with van der Waals surface area (Å²) in [4.78, 5) is 14.2. The largest absolute Gasteiger partial charge is 0.453 e. The van der Waals surface area contributed by atoms with Crippen molar-refractivity contribution >= 4 is 17.7 Å². The third-order valence-corrected chi connectivity index (χ3v) is 5.81. The smallest absolute Gasteiger partial charge is 0.342 e. The van der Waals surface area contributed by atoms with Gasteiger partial charge in [0, 0.05) is 13.1 Å². The van der Waals surface area contributed by atoms with Gasteiger partial charge in [-0.15, -0.1) is 10.2 Å². The first-order valence-corrected chi connectivity index (χ1v) is 9.03. The van der Waals surface area contributed by atoms with Gasteiger partial charge in [-0.3, -0.25) is 4.79 Å².